The Morgan fingerprint density at radius 3 is 1.01 bits per heavy atom. The molecule has 0 atom stereocenters. The maximum Gasteiger partial charge on any atom is 0.0625 e. The Labute approximate surface area is 927 Å². The van der Waals surface area contributed by atoms with Crippen molar-refractivity contribution in [2.45, 2.75) is 448 Å². The molecule has 4 fully saturated rings. The molecule has 0 amide bonds. The average Bonchev–Trinajstić information content (AvgIpc) is 0.834. The van der Waals surface area contributed by atoms with Crippen LogP contribution in [0.4, 0.5) is 11.4 Å². The summed E-state index contributed by atoms with van der Waals surface area (Å²) >= 11 is 0. The van der Waals surface area contributed by atoms with Gasteiger partial charge in [0.25, 0.3) is 0 Å². The molecule has 20 nitrogen and oxygen atoms in total. The van der Waals surface area contributed by atoms with Gasteiger partial charge in [0.1, 0.15) is 0 Å². The second-order valence-electron chi connectivity index (χ2n) is 40.9. The molecule has 149 heavy (non-hydrogen) atoms. The van der Waals surface area contributed by atoms with E-state index in [4.69, 9.17) is 0 Å². The molecule has 0 saturated heterocycles. The molecular formula is C129H246N20. The van der Waals surface area contributed by atoms with Gasteiger partial charge in [-0.2, -0.15) is 0 Å². The Bertz CT molecular complexity index is 3630. The van der Waals surface area contributed by atoms with Crippen LogP contribution in [0.3, 0.4) is 0 Å². The van der Waals surface area contributed by atoms with Gasteiger partial charge in [-0.25, -0.2) is 0 Å². The summed E-state index contributed by atoms with van der Waals surface area (Å²) in [6, 6.07) is 29.2. The van der Waals surface area contributed by atoms with Gasteiger partial charge in [-0.1, -0.05) is 281 Å². The molecule has 4 aliphatic rings. The van der Waals surface area contributed by atoms with Gasteiger partial charge in [0.2, 0.25) is 0 Å². The van der Waals surface area contributed by atoms with Gasteiger partial charge < -0.3 is 30.0 Å². The molecule has 7 rings (SSSR count). The number of unbranched alkanes of at least 4 members (excludes halogenated alkanes) is 1. The summed E-state index contributed by atoms with van der Waals surface area (Å²) in [5, 5.41) is 0. The van der Waals surface area contributed by atoms with E-state index in [1.54, 1.807) is 86.1 Å². The third-order valence-corrected chi connectivity index (χ3v) is 20.6. The molecule has 0 radical (unpaired) electrons. The summed E-state index contributed by atoms with van der Waals surface area (Å²) in [5.74, 6) is 4.34. The molecule has 20 heteroatoms. The largest absolute Gasteiger partial charge is 0.301 e. The molecule has 3 aromatic rings. The zero-order valence-corrected chi connectivity index (χ0v) is 108. The molecule has 0 unspecified atom stereocenters. The van der Waals surface area contributed by atoms with Gasteiger partial charge >= 0.3 is 0 Å². The van der Waals surface area contributed by atoms with E-state index < -0.39 is 0 Å². The Morgan fingerprint density at radius 1 is 0.389 bits per heavy atom. The van der Waals surface area contributed by atoms with Gasteiger partial charge in [-0.3, -0.25) is 69.9 Å². The third-order valence-electron chi connectivity index (χ3n) is 20.6. The minimum Gasteiger partial charge on any atom is -0.301 e. The Hall–Kier alpha value is -8.94. The normalized spacial score (nSPS) is 13.9. The maximum absolute atomic E-state index is 4.65. The van der Waals surface area contributed by atoms with Crippen LogP contribution in [0.15, 0.2) is 185 Å². The van der Waals surface area contributed by atoms with Gasteiger partial charge in [-0.15, -0.1) is 0 Å². The van der Waals surface area contributed by atoms with Crippen LogP contribution in [0.1, 0.15) is 435 Å². The fourth-order valence-electron chi connectivity index (χ4n) is 14.1. The van der Waals surface area contributed by atoms with Gasteiger partial charge in [0.05, 0.1) is 16.9 Å². The van der Waals surface area contributed by atoms with Gasteiger partial charge in [0.15, 0.2) is 0 Å². The highest BCUT2D eigenvalue weighted by molar-refractivity contribution is 5.93. The molecule has 0 spiro atoms. The Balaban J connectivity index is -0.000000120. The minimum absolute atomic E-state index is 0.120. The maximum atomic E-state index is 4.65. The predicted octanol–water partition coefficient (Wildman–Crippen LogP) is 37.3. The van der Waals surface area contributed by atoms with Crippen LogP contribution in [0.2, 0.25) is 0 Å². The lowest BCUT2D eigenvalue weighted by atomic mass is 9.75. The minimum atomic E-state index is 0.120. The summed E-state index contributed by atoms with van der Waals surface area (Å²) in [4.78, 5) is 80.0. The molecular weight excluding hydrogens is 1830 g/mol. The average molecular weight is 2080 g/mol. The van der Waals surface area contributed by atoms with Crippen LogP contribution in [0.25, 0.3) is 0 Å². The van der Waals surface area contributed by atoms with Crippen molar-refractivity contribution < 1.29 is 0 Å². The van der Waals surface area contributed by atoms with Crippen LogP contribution >= 0.6 is 0 Å². The van der Waals surface area contributed by atoms with Gasteiger partial charge in [-0.05, 0) is 342 Å². The second kappa shape index (κ2) is 130. The number of aryl methyl sites for hydroxylation is 1. The fraction of sp³-hybridized carbons (Fsp3) is 0.705. The molecule has 3 aromatic carbocycles. The van der Waals surface area contributed by atoms with E-state index in [1.807, 2.05) is 261 Å². The van der Waals surface area contributed by atoms with Crippen LogP contribution in [-0.2, 0) is 0 Å². The summed E-state index contributed by atoms with van der Waals surface area (Å²) in [6.07, 6.45) is 61.8. The third kappa shape index (κ3) is 152. The van der Waals surface area contributed by atoms with E-state index >= 15 is 0 Å². The predicted molar refractivity (Wildman–Crippen MR) is 702 cm³/mol. The smallest absolute Gasteiger partial charge is 0.0625 e. The zero-order chi connectivity index (χ0) is 117. The highest BCUT2D eigenvalue weighted by Crippen LogP contribution is 2.34. The molecule has 0 N–H and O–H groups in total. The van der Waals surface area contributed by atoms with E-state index in [-0.39, 0.29) is 21.8 Å². The number of aliphatic imine (C=N–C) groups is 20. The second-order valence-corrected chi connectivity index (χ2v) is 40.9. The highest BCUT2D eigenvalue weighted by Gasteiger charge is 2.29. The summed E-state index contributed by atoms with van der Waals surface area (Å²) in [5.41, 5.74) is 11.8. The Morgan fingerprint density at radius 2 is 0.805 bits per heavy atom. The fourth-order valence-corrected chi connectivity index (χ4v) is 14.1. The van der Waals surface area contributed by atoms with Crippen molar-refractivity contribution in [3.8, 4) is 0 Å². The number of hydrogen-bond donors (Lipinski definition) is 0. The van der Waals surface area contributed by atoms with E-state index in [0.717, 1.165) is 79.3 Å². The van der Waals surface area contributed by atoms with E-state index in [2.05, 4.69) is 291 Å². The monoisotopic (exact) mass is 2080 g/mol. The summed E-state index contributed by atoms with van der Waals surface area (Å²) < 4.78 is 0. The molecule has 862 valence electrons. The molecule has 0 bridgehead atoms. The highest BCUT2D eigenvalue weighted by atomic mass is 14.8. The van der Waals surface area contributed by atoms with Crippen LogP contribution in [0.5, 0.6) is 0 Å². The SMILES string of the molecule is CC=NC.CC=NC.CC=NC(C)(C)C.CC=NC(C)C.CC=NC1CCCCC1.CC=NCC.CC=NCCC.CC=NCCCC.CC=Nc1ccc(C)cc1.CC=Nc1ccccc1.CCC(C)=NC.CCC=NC.CN=C(C(C)(C)C)C(C)(C)C.CN=C(C(C)C)C(C)C.CN=C(C)C.CN=C(C1CCCCC1)C1CCCCC1.CN=CC(C)(C)C.CN=CC(C)C.CN=CC1CCCCC1.CN=Cc1ccccc1. The molecule has 0 aromatic heterocycles. The quantitative estimate of drug-likeness (QED) is 0.0803. The standard InChI is InChI=1S/C14H25N.C10H21N.C9H11N.C8H15N.C8H9N.C8H15N.C8H9N.C8H17N.3C6H13N.4C5H11N.3C4H9N.2C3H7N/c1-15-14(12-8-4-2-5-9-12)13-10-6-3-7-11-13;1-9(2,3)8(11-7)10(4,5)6;1-3-10-9-6-4-8(2)5-7-9;2*1-9-7-8-5-3-2-4-6-8;2*1-2-9-8-6-4-3-5-7-8;1-6(2)8(9-5)7(3)4;1-6(2,3)5-7-4;1-5-7-6(2,3)4;1-3-5-6-7-4-2;1-5(2)4-6-3;1-4-5(2)6-3;1-4-6-5(2)3;1-3-5-6-4-2;1-4(2)5-3;1-3-4-5-2;1-3-5-4-2;2*1-3-4-2/h12-13H,2-11H2,1H3;1-7H3;3-7H,1-2H3;7-8H,2-6H2,1H3;2-7H,1H3;2,8H,3-7H2,1H3;2-7H,1H3;6-7H,1-5H3;2*5H,1-4H3;4H,3,5-6H2,1-2H3;4-5H,1-3H3;4H2,1-3H3;4-5H,1-3H3;4H,3,5H2,1-2H3;1-3H3;4H,3H2,1-2H3;3H,4H2,1-2H3;2*3H,1-2H3. The lowest BCUT2D eigenvalue weighted by molar-refractivity contribution is 0.387. The lowest BCUT2D eigenvalue weighted by Crippen LogP contribution is -2.32. The number of benzene rings is 3. The van der Waals surface area contributed by atoms with Crippen molar-refractivity contribution in [3.63, 3.8) is 0 Å². The van der Waals surface area contributed by atoms with Crippen molar-refractivity contribution in [1.29, 1.82) is 0 Å². The van der Waals surface area contributed by atoms with Crippen molar-refractivity contribution in [2.75, 3.05) is 104 Å². The van der Waals surface area contributed by atoms with Gasteiger partial charge in [0, 0.05) is 193 Å². The first-order valence-electron chi connectivity index (χ1n) is 56.5. The first-order valence-corrected chi connectivity index (χ1v) is 56.5. The molecule has 4 aliphatic carbocycles. The first-order chi connectivity index (χ1) is 70.5. The van der Waals surface area contributed by atoms with Crippen LogP contribution in [0, 0.1) is 58.7 Å². The van der Waals surface area contributed by atoms with Crippen LogP contribution in [-0.4, -0.2) is 244 Å². The number of nitrogens with zero attached hydrogens (tertiary/aromatic N) is 20. The van der Waals surface area contributed by atoms with Crippen molar-refractivity contribution in [3.05, 3.63) is 96.1 Å². The Kier molecular flexibility index (Phi) is 146. The molecule has 4 saturated carbocycles. The first kappa shape index (κ1) is 168. The number of para-hydroxylation sites is 1. The number of rotatable bonds is 19. The summed E-state index contributed by atoms with van der Waals surface area (Å²) in [7, 11) is 21.9. The zero-order valence-electron chi connectivity index (χ0n) is 108. The van der Waals surface area contributed by atoms with E-state index in [1.165, 1.54) is 164 Å². The number of hydrogen-bond acceptors (Lipinski definition) is 20. The van der Waals surface area contributed by atoms with E-state index in [9.17, 15) is 0 Å². The molecule has 0 aliphatic heterocycles. The van der Waals surface area contributed by atoms with Crippen molar-refractivity contribution in [1.82, 2.24) is 0 Å². The lowest BCUT2D eigenvalue weighted by Gasteiger charge is -2.31. The van der Waals surface area contributed by atoms with Crippen molar-refractivity contribution in [2.24, 2.45) is 152 Å². The summed E-state index contributed by atoms with van der Waals surface area (Å²) in [6.45, 7) is 83.6. The molecule has 0 heterocycles. The topological polar surface area (TPSA) is 247 Å². The van der Waals surface area contributed by atoms with Crippen LogP contribution < -0.4 is 0 Å². The van der Waals surface area contributed by atoms with E-state index in [0.29, 0.717) is 29.8 Å². The van der Waals surface area contributed by atoms with Crippen molar-refractivity contribution >= 4 is 133 Å².